The van der Waals surface area contributed by atoms with Gasteiger partial charge in [-0.2, -0.15) is 0 Å². The normalized spacial score (nSPS) is 10.7. The van der Waals surface area contributed by atoms with Gasteiger partial charge in [-0.25, -0.2) is 4.39 Å². The molecule has 2 N–H and O–H groups in total. The molecule has 0 unspecified atom stereocenters. The lowest BCUT2D eigenvalue weighted by Gasteiger charge is -2.07. The number of halogens is 2. The molecule has 0 saturated heterocycles. The minimum atomic E-state index is -0.429. The molecule has 0 aliphatic carbocycles. The van der Waals surface area contributed by atoms with Crippen LogP contribution in [-0.2, 0) is 0 Å². The molecule has 7 heteroatoms. The van der Waals surface area contributed by atoms with Gasteiger partial charge in [-0.1, -0.05) is 18.2 Å². The molecule has 0 aliphatic heterocycles. The second-order valence-corrected chi connectivity index (χ2v) is 6.60. The van der Waals surface area contributed by atoms with Crippen LogP contribution in [-0.4, -0.2) is 24.9 Å². The highest BCUT2D eigenvalue weighted by molar-refractivity contribution is 9.10. The number of carbonyl (C=O) groups excluding carboxylic acids is 2. The maximum absolute atomic E-state index is 13.5. The highest BCUT2D eigenvalue weighted by Gasteiger charge is 2.13. The van der Waals surface area contributed by atoms with Gasteiger partial charge in [-0.05, 0) is 52.7 Å². The van der Waals surface area contributed by atoms with E-state index in [4.69, 9.17) is 4.42 Å². The van der Waals surface area contributed by atoms with Crippen LogP contribution in [0.4, 0.5) is 4.39 Å². The molecular formula is C19H16BrFN2O3. The van der Waals surface area contributed by atoms with E-state index in [-0.39, 0.29) is 30.3 Å². The first-order valence-corrected chi connectivity index (χ1v) is 8.75. The molecule has 134 valence electrons. The summed E-state index contributed by atoms with van der Waals surface area (Å²) in [6.07, 6.45) is 0. The first-order valence-electron chi connectivity index (χ1n) is 7.96. The minimum Gasteiger partial charge on any atom is -0.450 e. The van der Waals surface area contributed by atoms with Crippen LogP contribution in [0.25, 0.3) is 11.0 Å². The number of hydrogen-bond acceptors (Lipinski definition) is 3. The number of rotatable bonds is 5. The number of nitrogens with one attached hydrogen (secondary N) is 2. The first-order chi connectivity index (χ1) is 12.5. The van der Waals surface area contributed by atoms with Gasteiger partial charge >= 0.3 is 0 Å². The van der Waals surface area contributed by atoms with Crippen LogP contribution in [0.3, 0.4) is 0 Å². The summed E-state index contributed by atoms with van der Waals surface area (Å²) in [5.74, 6) is -1.00. The number of hydrogen-bond donors (Lipinski definition) is 2. The zero-order valence-corrected chi connectivity index (χ0v) is 15.5. The lowest BCUT2D eigenvalue weighted by molar-refractivity contribution is 0.0912. The highest BCUT2D eigenvalue weighted by atomic mass is 79.9. The molecule has 1 aromatic heterocycles. The Balaban J connectivity index is 1.52. The van der Waals surface area contributed by atoms with Gasteiger partial charge < -0.3 is 15.1 Å². The summed E-state index contributed by atoms with van der Waals surface area (Å²) in [5.41, 5.74) is 1.32. The van der Waals surface area contributed by atoms with E-state index >= 15 is 0 Å². The van der Waals surface area contributed by atoms with Crippen molar-refractivity contribution in [3.05, 3.63) is 69.6 Å². The number of aryl methyl sites for hydroxylation is 1. The van der Waals surface area contributed by atoms with E-state index in [1.54, 1.807) is 25.1 Å². The Bertz CT molecular complexity index is 984. The number of benzene rings is 2. The topological polar surface area (TPSA) is 71.3 Å². The second-order valence-electron chi connectivity index (χ2n) is 5.74. The number of amides is 2. The molecule has 0 bridgehead atoms. The van der Waals surface area contributed by atoms with Gasteiger partial charge in [0.25, 0.3) is 11.8 Å². The second kappa shape index (κ2) is 7.70. The Kier molecular flexibility index (Phi) is 5.37. The van der Waals surface area contributed by atoms with Crippen LogP contribution in [0.5, 0.6) is 0 Å². The fraction of sp³-hybridized carbons (Fsp3) is 0.158. The average Bonchev–Trinajstić information content (AvgIpc) is 3.06. The Labute approximate surface area is 157 Å². The molecule has 3 aromatic rings. The molecule has 0 fully saturated rings. The van der Waals surface area contributed by atoms with Crippen LogP contribution in [0.15, 0.2) is 51.4 Å². The molecule has 2 aromatic carbocycles. The van der Waals surface area contributed by atoms with Crippen molar-refractivity contribution in [2.45, 2.75) is 6.92 Å². The van der Waals surface area contributed by atoms with Gasteiger partial charge in [0, 0.05) is 24.0 Å². The Morgan fingerprint density at radius 1 is 1.08 bits per heavy atom. The van der Waals surface area contributed by atoms with Crippen molar-refractivity contribution in [1.29, 1.82) is 0 Å². The summed E-state index contributed by atoms with van der Waals surface area (Å²) < 4.78 is 19.8. The third-order valence-electron chi connectivity index (χ3n) is 3.85. The summed E-state index contributed by atoms with van der Waals surface area (Å²) in [5, 5.41) is 6.12. The van der Waals surface area contributed by atoms with Gasteiger partial charge in [0.05, 0.1) is 4.47 Å². The summed E-state index contributed by atoms with van der Waals surface area (Å²) in [7, 11) is 0. The zero-order valence-electron chi connectivity index (χ0n) is 13.9. The summed E-state index contributed by atoms with van der Waals surface area (Å²) in [6.45, 7) is 2.06. The van der Waals surface area contributed by atoms with Crippen LogP contribution in [0.2, 0.25) is 0 Å². The van der Waals surface area contributed by atoms with Gasteiger partial charge in [0.15, 0.2) is 5.76 Å². The van der Waals surface area contributed by atoms with Crippen LogP contribution in [0, 0.1) is 12.7 Å². The number of furan rings is 1. The zero-order chi connectivity index (χ0) is 18.7. The van der Waals surface area contributed by atoms with Crippen molar-refractivity contribution in [3.63, 3.8) is 0 Å². The lowest BCUT2D eigenvalue weighted by Crippen LogP contribution is -2.34. The number of carbonyl (C=O) groups is 2. The summed E-state index contributed by atoms with van der Waals surface area (Å²) in [6, 6.07) is 11.5. The Morgan fingerprint density at radius 3 is 2.50 bits per heavy atom. The molecular weight excluding hydrogens is 403 g/mol. The van der Waals surface area contributed by atoms with Gasteiger partial charge in [0.2, 0.25) is 0 Å². The molecule has 0 aliphatic rings. The quantitative estimate of drug-likeness (QED) is 0.618. The monoisotopic (exact) mass is 418 g/mol. The van der Waals surface area contributed by atoms with Crippen LogP contribution >= 0.6 is 15.9 Å². The van der Waals surface area contributed by atoms with E-state index in [9.17, 15) is 14.0 Å². The molecule has 0 spiro atoms. The van der Waals surface area contributed by atoms with Crippen LogP contribution < -0.4 is 10.6 Å². The Morgan fingerprint density at radius 2 is 1.81 bits per heavy atom. The van der Waals surface area contributed by atoms with Crippen LogP contribution in [0.1, 0.15) is 26.5 Å². The van der Waals surface area contributed by atoms with Gasteiger partial charge in [-0.3, -0.25) is 9.59 Å². The predicted molar refractivity (Wildman–Crippen MR) is 99.7 cm³/mol. The van der Waals surface area contributed by atoms with Gasteiger partial charge in [-0.15, -0.1) is 0 Å². The SMILES string of the molecule is Cc1ccc(C(=O)NCCNC(=O)c2cc3cccc(Br)c3o2)cc1F. The number of fused-ring (bicyclic) bond motifs is 1. The van der Waals surface area contributed by atoms with E-state index in [1.165, 1.54) is 6.07 Å². The maximum atomic E-state index is 13.5. The lowest BCUT2D eigenvalue weighted by atomic mass is 10.1. The molecule has 3 rings (SSSR count). The van der Waals surface area contributed by atoms with Crippen molar-refractivity contribution in [2.24, 2.45) is 0 Å². The summed E-state index contributed by atoms with van der Waals surface area (Å²) >= 11 is 3.37. The maximum Gasteiger partial charge on any atom is 0.287 e. The average molecular weight is 419 g/mol. The molecule has 0 atom stereocenters. The largest absolute Gasteiger partial charge is 0.450 e. The third-order valence-corrected chi connectivity index (χ3v) is 4.47. The van der Waals surface area contributed by atoms with Gasteiger partial charge in [0.1, 0.15) is 11.4 Å². The van der Waals surface area contributed by atoms with E-state index < -0.39 is 11.7 Å². The predicted octanol–water partition coefficient (Wildman–Crippen LogP) is 3.80. The molecule has 0 saturated carbocycles. The molecule has 0 radical (unpaired) electrons. The fourth-order valence-electron chi connectivity index (χ4n) is 2.41. The van der Waals surface area contributed by atoms with E-state index in [0.29, 0.717) is 11.1 Å². The van der Waals surface area contributed by atoms with Crippen molar-refractivity contribution in [2.75, 3.05) is 13.1 Å². The summed E-state index contributed by atoms with van der Waals surface area (Å²) in [4.78, 5) is 24.1. The van der Waals surface area contributed by atoms with Crippen molar-refractivity contribution >= 4 is 38.7 Å². The Hall–Kier alpha value is -2.67. The molecule has 2 amide bonds. The standard InChI is InChI=1S/C19H16BrFN2O3/c1-11-5-6-13(9-15(11)21)18(24)22-7-8-23-19(25)16-10-12-3-2-4-14(20)17(12)26-16/h2-6,9-10H,7-8H2,1H3,(H,22,24)(H,23,25). The van der Waals surface area contributed by atoms with Crippen molar-refractivity contribution in [3.8, 4) is 0 Å². The highest BCUT2D eigenvalue weighted by Crippen LogP contribution is 2.26. The number of para-hydroxylation sites is 1. The van der Waals surface area contributed by atoms with Crippen molar-refractivity contribution in [1.82, 2.24) is 10.6 Å². The van der Waals surface area contributed by atoms with E-state index in [0.717, 1.165) is 9.86 Å². The fourth-order valence-corrected chi connectivity index (χ4v) is 2.88. The third kappa shape index (κ3) is 3.94. The first kappa shape index (κ1) is 18.1. The van der Waals surface area contributed by atoms with E-state index in [2.05, 4.69) is 26.6 Å². The molecule has 5 nitrogen and oxygen atoms in total. The minimum absolute atomic E-state index is 0.193. The van der Waals surface area contributed by atoms with E-state index in [1.807, 2.05) is 18.2 Å². The molecule has 26 heavy (non-hydrogen) atoms. The smallest absolute Gasteiger partial charge is 0.287 e. The molecule has 1 heterocycles. The van der Waals surface area contributed by atoms with Crippen molar-refractivity contribution < 1.29 is 18.4 Å².